The molecule has 0 aromatic heterocycles. The lowest BCUT2D eigenvalue weighted by molar-refractivity contribution is 0.102. The highest BCUT2D eigenvalue weighted by Gasteiger charge is 2.14. The van der Waals surface area contributed by atoms with Crippen molar-refractivity contribution in [2.75, 3.05) is 5.32 Å². The molecule has 116 valence electrons. The molecule has 0 spiro atoms. The van der Waals surface area contributed by atoms with E-state index >= 15 is 0 Å². The van der Waals surface area contributed by atoms with Gasteiger partial charge in [-0.3, -0.25) is 4.79 Å². The first-order valence-corrected chi connectivity index (χ1v) is 7.53. The molecule has 0 radical (unpaired) electrons. The van der Waals surface area contributed by atoms with Gasteiger partial charge in [0.15, 0.2) is 0 Å². The Bertz CT molecular complexity index is 667. The monoisotopic (exact) mass is 296 g/mol. The Labute approximate surface area is 132 Å². The lowest BCUT2D eigenvalue weighted by Crippen LogP contribution is -2.15. The van der Waals surface area contributed by atoms with Gasteiger partial charge in [0, 0.05) is 17.8 Å². The first-order valence-electron chi connectivity index (χ1n) is 7.53. The fourth-order valence-electron chi connectivity index (χ4n) is 2.36. The molecule has 0 atom stereocenters. The predicted molar refractivity (Wildman–Crippen MR) is 92.2 cm³/mol. The number of amides is 1. The minimum Gasteiger partial charge on any atom is -0.326 e. The van der Waals surface area contributed by atoms with Crippen LogP contribution in [0.1, 0.15) is 47.8 Å². The smallest absolute Gasteiger partial charge is 0.255 e. The number of nitrogens with two attached hydrogens (primary N) is 1. The van der Waals surface area contributed by atoms with E-state index in [0.29, 0.717) is 12.1 Å². The van der Waals surface area contributed by atoms with Crippen LogP contribution in [0.15, 0.2) is 42.5 Å². The predicted octanol–water partition coefficient (Wildman–Crippen LogP) is 4.00. The highest BCUT2D eigenvalue weighted by Crippen LogP contribution is 2.23. The molecule has 2 aromatic rings. The van der Waals surface area contributed by atoms with Crippen LogP contribution in [-0.2, 0) is 12.0 Å². The van der Waals surface area contributed by atoms with Gasteiger partial charge in [0.1, 0.15) is 0 Å². The Kier molecular flexibility index (Phi) is 4.67. The fourth-order valence-corrected chi connectivity index (χ4v) is 2.36. The number of carbonyl (C=O) groups is 1. The van der Waals surface area contributed by atoms with Crippen LogP contribution in [0.5, 0.6) is 0 Å². The van der Waals surface area contributed by atoms with Crippen molar-refractivity contribution in [2.24, 2.45) is 5.73 Å². The molecule has 0 aliphatic heterocycles. The van der Waals surface area contributed by atoms with Crippen molar-refractivity contribution >= 4 is 11.6 Å². The van der Waals surface area contributed by atoms with Crippen molar-refractivity contribution in [3.63, 3.8) is 0 Å². The Morgan fingerprint density at radius 1 is 1.09 bits per heavy atom. The summed E-state index contributed by atoms with van der Waals surface area (Å²) >= 11 is 0. The van der Waals surface area contributed by atoms with Crippen molar-refractivity contribution < 1.29 is 4.79 Å². The highest BCUT2D eigenvalue weighted by molar-refractivity contribution is 6.04. The molecule has 0 aliphatic rings. The summed E-state index contributed by atoms with van der Waals surface area (Å²) in [5.41, 5.74) is 10.5. The zero-order valence-corrected chi connectivity index (χ0v) is 13.7. The molecule has 0 fully saturated rings. The lowest BCUT2D eigenvalue weighted by atomic mass is 9.86. The molecule has 0 heterocycles. The molecular formula is C19H24N2O. The Morgan fingerprint density at radius 3 is 2.27 bits per heavy atom. The van der Waals surface area contributed by atoms with Crippen molar-refractivity contribution in [3.8, 4) is 0 Å². The van der Waals surface area contributed by atoms with E-state index in [0.717, 1.165) is 16.8 Å². The zero-order valence-electron chi connectivity index (χ0n) is 13.7. The van der Waals surface area contributed by atoms with Gasteiger partial charge < -0.3 is 11.1 Å². The number of hydrogen-bond donors (Lipinski definition) is 2. The fraction of sp³-hybridized carbons (Fsp3) is 0.316. The van der Waals surface area contributed by atoms with Gasteiger partial charge in [0.2, 0.25) is 0 Å². The highest BCUT2D eigenvalue weighted by atomic mass is 16.1. The van der Waals surface area contributed by atoms with Gasteiger partial charge in [-0.05, 0) is 47.2 Å². The summed E-state index contributed by atoms with van der Waals surface area (Å²) < 4.78 is 0. The third-order valence-electron chi connectivity index (χ3n) is 3.93. The summed E-state index contributed by atoms with van der Waals surface area (Å²) in [6, 6.07) is 13.6. The molecule has 0 saturated heterocycles. The molecule has 2 rings (SSSR count). The third-order valence-corrected chi connectivity index (χ3v) is 3.93. The number of nitrogens with one attached hydrogen (secondary N) is 1. The van der Waals surface area contributed by atoms with E-state index < -0.39 is 0 Å². The Hall–Kier alpha value is -2.13. The molecule has 1 amide bonds. The molecule has 22 heavy (non-hydrogen) atoms. The Balaban J connectivity index is 2.19. The molecule has 3 nitrogen and oxygen atoms in total. The molecule has 0 bridgehead atoms. The summed E-state index contributed by atoms with van der Waals surface area (Å²) in [6.07, 6.45) is 0. The van der Waals surface area contributed by atoms with Crippen LogP contribution in [0.25, 0.3) is 0 Å². The zero-order chi connectivity index (χ0) is 16.3. The number of anilines is 1. The minimum absolute atomic E-state index is 0.0844. The normalized spacial score (nSPS) is 11.3. The molecule has 3 heteroatoms. The second-order valence-electron chi connectivity index (χ2n) is 6.58. The van der Waals surface area contributed by atoms with E-state index in [4.69, 9.17) is 5.73 Å². The minimum atomic E-state index is -0.0993. The summed E-state index contributed by atoms with van der Waals surface area (Å²) in [4.78, 5) is 12.4. The molecule has 0 saturated carbocycles. The molecule has 3 N–H and O–H groups in total. The second-order valence-corrected chi connectivity index (χ2v) is 6.58. The van der Waals surface area contributed by atoms with Crippen LogP contribution in [0.4, 0.5) is 5.69 Å². The molecule has 2 aromatic carbocycles. The number of hydrogen-bond acceptors (Lipinski definition) is 2. The van der Waals surface area contributed by atoms with Crippen molar-refractivity contribution in [2.45, 2.75) is 39.7 Å². The standard InChI is InChI=1S/C19H24N2O/c1-13-15(12-20)6-5-7-17(13)21-18(22)14-8-10-16(11-9-14)19(2,3)4/h5-11H,12,20H2,1-4H3,(H,21,22). The van der Waals surface area contributed by atoms with E-state index in [-0.39, 0.29) is 11.3 Å². The van der Waals surface area contributed by atoms with E-state index in [9.17, 15) is 4.79 Å². The second kappa shape index (κ2) is 6.32. The maximum absolute atomic E-state index is 12.4. The number of benzene rings is 2. The summed E-state index contributed by atoms with van der Waals surface area (Å²) in [5, 5.41) is 2.96. The molecule has 0 unspecified atom stereocenters. The van der Waals surface area contributed by atoms with E-state index in [1.54, 1.807) is 0 Å². The van der Waals surface area contributed by atoms with Gasteiger partial charge in [-0.1, -0.05) is 45.0 Å². The average Bonchev–Trinajstić information content (AvgIpc) is 2.48. The van der Waals surface area contributed by atoms with Crippen LogP contribution < -0.4 is 11.1 Å². The van der Waals surface area contributed by atoms with Crippen LogP contribution >= 0.6 is 0 Å². The maximum Gasteiger partial charge on any atom is 0.255 e. The van der Waals surface area contributed by atoms with Crippen LogP contribution in [0, 0.1) is 6.92 Å². The quantitative estimate of drug-likeness (QED) is 0.899. The van der Waals surface area contributed by atoms with Crippen molar-refractivity contribution in [3.05, 3.63) is 64.7 Å². The summed E-state index contributed by atoms with van der Waals surface area (Å²) in [5.74, 6) is -0.0993. The van der Waals surface area contributed by atoms with Crippen molar-refractivity contribution in [1.29, 1.82) is 0 Å². The summed E-state index contributed by atoms with van der Waals surface area (Å²) in [6.45, 7) is 8.91. The van der Waals surface area contributed by atoms with Gasteiger partial charge >= 0.3 is 0 Å². The van der Waals surface area contributed by atoms with Gasteiger partial charge in [-0.25, -0.2) is 0 Å². The maximum atomic E-state index is 12.4. The number of rotatable bonds is 3. The third kappa shape index (κ3) is 3.55. The largest absolute Gasteiger partial charge is 0.326 e. The van der Waals surface area contributed by atoms with Gasteiger partial charge in [0.25, 0.3) is 5.91 Å². The topological polar surface area (TPSA) is 55.1 Å². The lowest BCUT2D eigenvalue weighted by Gasteiger charge is -2.19. The van der Waals surface area contributed by atoms with Gasteiger partial charge in [-0.2, -0.15) is 0 Å². The molecule has 0 aliphatic carbocycles. The van der Waals surface area contributed by atoms with Gasteiger partial charge in [-0.15, -0.1) is 0 Å². The SMILES string of the molecule is Cc1c(CN)cccc1NC(=O)c1ccc(C(C)(C)C)cc1. The van der Waals surface area contributed by atoms with Crippen LogP contribution in [0.3, 0.4) is 0 Å². The van der Waals surface area contributed by atoms with Crippen LogP contribution in [-0.4, -0.2) is 5.91 Å². The van der Waals surface area contributed by atoms with Crippen molar-refractivity contribution in [1.82, 2.24) is 0 Å². The van der Waals surface area contributed by atoms with E-state index in [1.807, 2.05) is 49.4 Å². The van der Waals surface area contributed by atoms with E-state index in [1.165, 1.54) is 5.56 Å². The molecular weight excluding hydrogens is 272 g/mol. The van der Waals surface area contributed by atoms with Gasteiger partial charge in [0.05, 0.1) is 0 Å². The number of carbonyl (C=O) groups excluding carboxylic acids is 1. The van der Waals surface area contributed by atoms with E-state index in [2.05, 4.69) is 26.1 Å². The Morgan fingerprint density at radius 2 is 1.73 bits per heavy atom. The summed E-state index contributed by atoms with van der Waals surface area (Å²) in [7, 11) is 0. The first kappa shape index (κ1) is 16.2. The first-order chi connectivity index (χ1) is 10.3. The van der Waals surface area contributed by atoms with Crippen LogP contribution in [0.2, 0.25) is 0 Å². The average molecular weight is 296 g/mol.